The Morgan fingerprint density at radius 2 is 2.45 bits per heavy atom. The number of hydrogen-bond donors (Lipinski definition) is 1. The van der Waals surface area contributed by atoms with E-state index in [-0.39, 0.29) is 0 Å². The SMILES string of the molecule is C[C]1=[Ge]([CH]=O)[CH]=CC=C1N[NH]. The normalized spacial score (nSPS) is 16.4. The monoisotopic (exact) mass is 211 g/mol. The van der Waals surface area contributed by atoms with Crippen LogP contribution in [0.4, 0.5) is 0 Å². The molecule has 0 saturated carbocycles. The molecular weight excluding hydrogens is 201 g/mol. The fraction of sp³-hybridized carbons (Fsp3) is 0.143. The summed E-state index contributed by atoms with van der Waals surface area (Å²) in [6.07, 6.45) is 3.68. The summed E-state index contributed by atoms with van der Waals surface area (Å²) in [5, 5.41) is 1.04. The topological polar surface area (TPSA) is 52.9 Å². The molecule has 0 bridgehead atoms. The maximum atomic E-state index is 10.5. The minimum absolute atomic E-state index is 0.787. The first-order valence-electron chi connectivity index (χ1n) is 3.27. The van der Waals surface area contributed by atoms with Crippen LogP contribution in [0.15, 0.2) is 22.8 Å². The van der Waals surface area contributed by atoms with Crippen molar-refractivity contribution in [1.82, 2.24) is 11.3 Å². The standard InChI is InChI=1S/C7H9GeN2O/c1-6-7(10-9)3-2-4-8(6)5-11/h2-5,9-10H,1H3. The molecule has 1 rings (SSSR count). The van der Waals surface area contributed by atoms with Crippen LogP contribution in [0.1, 0.15) is 6.92 Å². The third-order valence-corrected chi connectivity index (χ3v) is 5.71. The number of carbonyl (C=O) groups is 1. The Labute approximate surface area is 69.6 Å². The summed E-state index contributed by atoms with van der Waals surface area (Å²) in [5.74, 6) is 6.93. The van der Waals surface area contributed by atoms with Gasteiger partial charge in [-0.05, 0) is 0 Å². The first-order chi connectivity index (χ1) is 5.29. The quantitative estimate of drug-likeness (QED) is 0.390. The van der Waals surface area contributed by atoms with Crippen LogP contribution in [0, 0.1) is 0 Å². The number of nitrogens with one attached hydrogen (secondary N) is 2. The molecule has 57 valence electrons. The van der Waals surface area contributed by atoms with E-state index in [0.29, 0.717) is 0 Å². The Hall–Kier alpha value is -0.677. The van der Waals surface area contributed by atoms with Crippen molar-refractivity contribution in [3.05, 3.63) is 22.8 Å². The first-order valence-corrected chi connectivity index (χ1v) is 6.74. The summed E-state index contributed by atoms with van der Waals surface area (Å²) in [4.78, 5) is 12.5. The predicted octanol–water partition coefficient (Wildman–Crippen LogP) is -0.193. The van der Waals surface area contributed by atoms with Crippen LogP contribution in [0.25, 0.3) is 0 Å². The summed E-state index contributed by atoms with van der Waals surface area (Å²) >= 11 is -1.73. The first kappa shape index (κ1) is 8.42. The molecule has 0 fully saturated rings. The van der Waals surface area contributed by atoms with Gasteiger partial charge in [0, 0.05) is 0 Å². The Balaban J connectivity index is 3.05. The zero-order valence-electron chi connectivity index (χ0n) is 6.22. The molecule has 0 unspecified atom stereocenters. The van der Waals surface area contributed by atoms with Gasteiger partial charge in [-0.15, -0.1) is 0 Å². The van der Waals surface area contributed by atoms with Crippen LogP contribution in [0.2, 0.25) is 0 Å². The van der Waals surface area contributed by atoms with Gasteiger partial charge in [0.2, 0.25) is 0 Å². The Morgan fingerprint density at radius 3 is 3.00 bits per heavy atom. The van der Waals surface area contributed by atoms with Gasteiger partial charge in [0.15, 0.2) is 0 Å². The van der Waals surface area contributed by atoms with Crippen LogP contribution in [-0.2, 0) is 4.79 Å². The van der Waals surface area contributed by atoms with Crippen molar-refractivity contribution in [3.63, 3.8) is 0 Å². The van der Waals surface area contributed by atoms with Gasteiger partial charge in [-0.25, -0.2) is 0 Å². The van der Waals surface area contributed by atoms with Gasteiger partial charge >= 0.3 is 69.1 Å². The van der Waals surface area contributed by atoms with Crippen molar-refractivity contribution < 1.29 is 4.79 Å². The second-order valence-electron chi connectivity index (χ2n) is 2.26. The summed E-state index contributed by atoms with van der Waals surface area (Å²) in [7, 11) is 0. The molecule has 0 aromatic rings. The van der Waals surface area contributed by atoms with Gasteiger partial charge in [0.1, 0.15) is 0 Å². The van der Waals surface area contributed by atoms with Gasteiger partial charge in [-0.3, -0.25) is 0 Å². The molecule has 1 aliphatic rings. The van der Waals surface area contributed by atoms with E-state index in [1.165, 1.54) is 0 Å². The zero-order chi connectivity index (χ0) is 8.27. The second-order valence-corrected chi connectivity index (χ2v) is 6.94. The van der Waals surface area contributed by atoms with E-state index in [0.717, 1.165) is 15.2 Å². The molecule has 1 radical (unpaired) electrons. The molecule has 0 saturated heterocycles. The van der Waals surface area contributed by atoms with E-state index in [9.17, 15) is 4.79 Å². The van der Waals surface area contributed by atoms with Gasteiger partial charge in [-0.1, -0.05) is 0 Å². The average molecular weight is 210 g/mol. The van der Waals surface area contributed by atoms with Gasteiger partial charge in [-0.2, -0.15) is 0 Å². The van der Waals surface area contributed by atoms with Crippen LogP contribution in [-0.4, -0.2) is 23.4 Å². The summed E-state index contributed by atoms with van der Waals surface area (Å²) in [6.45, 7) is 1.92. The van der Waals surface area contributed by atoms with Crippen molar-refractivity contribution in [2.75, 3.05) is 0 Å². The molecule has 1 heterocycles. The van der Waals surface area contributed by atoms with Crippen molar-refractivity contribution in [3.8, 4) is 0 Å². The van der Waals surface area contributed by atoms with Gasteiger partial charge in [0.05, 0.1) is 0 Å². The molecule has 4 heteroatoms. The minimum atomic E-state index is -1.73. The van der Waals surface area contributed by atoms with E-state index in [2.05, 4.69) is 5.43 Å². The van der Waals surface area contributed by atoms with Crippen molar-refractivity contribution >= 4 is 23.4 Å². The Bertz CT molecular complexity index is 266. The third-order valence-electron chi connectivity index (χ3n) is 1.64. The van der Waals surface area contributed by atoms with Gasteiger partial charge < -0.3 is 0 Å². The molecule has 0 aliphatic carbocycles. The molecule has 2 N–H and O–H groups in total. The van der Waals surface area contributed by atoms with E-state index in [1.54, 1.807) is 0 Å². The Morgan fingerprint density at radius 1 is 1.73 bits per heavy atom. The molecule has 1 aliphatic heterocycles. The van der Waals surface area contributed by atoms with Gasteiger partial charge in [0.25, 0.3) is 0 Å². The molecule has 0 aromatic carbocycles. The van der Waals surface area contributed by atoms with E-state index in [1.807, 2.05) is 24.0 Å². The van der Waals surface area contributed by atoms with Crippen LogP contribution in [0.3, 0.4) is 0 Å². The molecule has 0 amide bonds. The zero-order valence-corrected chi connectivity index (χ0v) is 8.32. The Kier molecular flexibility index (Phi) is 2.78. The fourth-order valence-electron chi connectivity index (χ4n) is 0.917. The molecule has 11 heavy (non-hydrogen) atoms. The maximum absolute atomic E-state index is 10.5. The van der Waals surface area contributed by atoms with E-state index in [4.69, 9.17) is 5.84 Å². The molecule has 3 nitrogen and oxygen atoms in total. The molecule has 0 atom stereocenters. The summed E-state index contributed by atoms with van der Waals surface area (Å²) in [6, 6.07) is 0. The van der Waals surface area contributed by atoms with Crippen molar-refractivity contribution in [1.29, 1.82) is 0 Å². The molecule has 0 aromatic heterocycles. The van der Waals surface area contributed by atoms with Crippen molar-refractivity contribution in [2.24, 2.45) is 0 Å². The van der Waals surface area contributed by atoms with E-state index < -0.39 is 13.9 Å². The number of allylic oxidation sites excluding steroid dienone is 3. The number of hydrogen-bond acceptors (Lipinski definition) is 2. The molecule has 0 spiro atoms. The van der Waals surface area contributed by atoms with Crippen LogP contribution < -0.4 is 11.3 Å². The van der Waals surface area contributed by atoms with E-state index >= 15 is 0 Å². The summed E-state index contributed by atoms with van der Waals surface area (Å²) in [5.41, 5.74) is 3.11. The number of rotatable bonds is 2. The molecular formula is C7H9GeN2O. The van der Waals surface area contributed by atoms with Crippen molar-refractivity contribution in [2.45, 2.75) is 6.92 Å². The summed E-state index contributed by atoms with van der Waals surface area (Å²) < 4.78 is 1.07. The van der Waals surface area contributed by atoms with Crippen LogP contribution >= 0.6 is 0 Å². The second kappa shape index (κ2) is 3.64. The predicted molar refractivity (Wildman–Crippen MR) is 46.6 cm³/mol. The fourth-order valence-corrected chi connectivity index (χ4v) is 3.57. The number of carbonyl (C=O) groups excluding carboxylic acids is 1. The average Bonchev–Trinajstić information content (AvgIpc) is 2.05. The third kappa shape index (κ3) is 1.67. The van der Waals surface area contributed by atoms with Crippen LogP contribution in [0.5, 0.6) is 0 Å².